The highest BCUT2D eigenvalue weighted by Gasteiger charge is 2.13. The largest absolute Gasteiger partial charge is 0.465 e. The highest BCUT2D eigenvalue weighted by atomic mass is 127. The van der Waals surface area contributed by atoms with Crippen molar-refractivity contribution in [2.24, 2.45) is 0 Å². The number of esters is 1. The van der Waals surface area contributed by atoms with E-state index in [1.54, 1.807) is 12.1 Å². The summed E-state index contributed by atoms with van der Waals surface area (Å²) >= 11 is 5.20. The van der Waals surface area contributed by atoms with Gasteiger partial charge in [0, 0.05) is 8.04 Å². The van der Waals surface area contributed by atoms with Crippen molar-refractivity contribution in [1.29, 1.82) is 5.26 Å². The minimum atomic E-state index is -0.403. The van der Waals surface area contributed by atoms with Crippen LogP contribution in [0.3, 0.4) is 0 Å². The number of nitriles is 1. The molecule has 14 heavy (non-hydrogen) atoms. The molecule has 0 N–H and O–H groups in total. The summed E-state index contributed by atoms with van der Waals surface area (Å²) in [7, 11) is 1.32. The van der Waals surface area contributed by atoms with Crippen LogP contribution in [0.5, 0.6) is 0 Å². The molecule has 0 bridgehead atoms. The van der Waals surface area contributed by atoms with Crippen LogP contribution in [-0.4, -0.2) is 13.1 Å². The Morgan fingerprint density at radius 3 is 2.79 bits per heavy atom. The Labute approximate surface area is 103 Å². The molecule has 0 aromatic heterocycles. The van der Waals surface area contributed by atoms with Crippen LogP contribution in [0.15, 0.2) is 16.6 Å². The molecule has 0 spiro atoms. The number of methoxy groups -OCH3 is 1. The molecule has 0 amide bonds. The van der Waals surface area contributed by atoms with Gasteiger partial charge in [0.1, 0.15) is 6.07 Å². The van der Waals surface area contributed by atoms with E-state index >= 15 is 0 Å². The Morgan fingerprint density at radius 2 is 2.29 bits per heavy atom. The molecule has 0 heterocycles. The maximum atomic E-state index is 11.3. The fraction of sp³-hybridized carbons (Fsp3) is 0.111. The maximum Gasteiger partial charge on any atom is 0.338 e. The number of nitrogens with zero attached hydrogens (tertiary/aromatic N) is 1. The van der Waals surface area contributed by atoms with Crippen molar-refractivity contribution in [1.82, 2.24) is 0 Å². The van der Waals surface area contributed by atoms with Gasteiger partial charge in [0.05, 0.1) is 18.2 Å². The van der Waals surface area contributed by atoms with Gasteiger partial charge in [0.15, 0.2) is 0 Å². The van der Waals surface area contributed by atoms with E-state index in [9.17, 15) is 4.79 Å². The molecule has 3 nitrogen and oxygen atoms in total. The summed E-state index contributed by atoms with van der Waals surface area (Å²) in [5.41, 5.74) is 0.959. The van der Waals surface area contributed by atoms with E-state index in [4.69, 9.17) is 5.26 Å². The first kappa shape index (κ1) is 11.5. The van der Waals surface area contributed by atoms with Crippen LogP contribution in [-0.2, 0) is 4.74 Å². The number of benzene rings is 1. The Bertz CT molecular complexity index is 426. The Hall–Kier alpha value is -0.610. The zero-order valence-corrected chi connectivity index (χ0v) is 10.9. The smallest absolute Gasteiger partial charge is 0.338 e. The monoisotopic (exact) mass is 365 g/mol. The molecule has 0 aliphatic rings. The number of rotatable bonds is 1. The topological polar surface area (TPSA) is 50.1 Å². The molecule has 1 aromatic carbocycles. The van der Waals surface area contributed by atoms with Crippen molar-refractivity contribution in [3.05, 3.63) is 31.3 Å². The predicted molar refractivity (Wildman–Crippen MR) is 62.9 cm³/mol. The highest BCUT2D eigenvalue weighted by Crippen LogP contribution is 2.23. The van der Waals surface area contributed by atoms with Crippen molar-refractivity contribution < 1.29 is 9.53 Å². The first-order chi connectivity index (χ1) is 6.60. The van der Waals surface area contributed by atoms with Crippen molar-refractivity contribution in [3.8, 4) is 6.07 Å². The van der Waals surface area contributed by atoms with E-state index in [-0.39, 0.29) is 0 Å². The summed E-state index contributed by atoms with van der Waals surface area (Å²) in [6.07, 6.45) is 0. The lowest BCUT2D eigenvalue weighted by molar-refractivity contribution is 0.0599. The molecule has 0 atom stereocenters. The average Bonchev–Trinajstić information content (AvgIpc) is 2.19. The first-order valence-electron chi connectivity index (χ1n) is 3.57. The average molecular weight is 366 g/mol. The standard InChI is InChI=1S/C9H5BrINO2/c1-14-9(13)6-3-7(10)5(4-12)2-8(6)11/h2-3H,1H3. The number of hydrogen-bond donors (Lipinski definition) is 0. The van der Waals surface area contributed by atoms with Gasteiger partial charge in [0.25, 0.3) is 0 Å². The van der Waals surface area contributed by atoms with E-state index in [1.807, 2.05) is 28.7 Å². The molecule has 1 aromatic rings. The summed E-state index contributed by atoms with van der Waals surface area (Å²) in [5.74, 6) is -0.403. The second-order valence-corrected chi connectivity index (χ2v) is 4.43. The Balaban J connectivity index is 3.30. The zero-order valence-electron chi connectivity index (χ0n) is 7.17. The summed E-state index contributed by atoms with van der Waals surface area (Å²) in [6, 6.07) is 5.24. The maximum absolute atomic E-state index is 11.3. The second-order valence-electron chi connectivity index (χ2n) is 2.42. The normalized spacial score (nSPS) is 9.29. The summed E-state index contributed by atoms with van der Waals surface area (Å²) < 4.78 is 5.90. The molecule has 0 radical (unpaired) electrons. The van der Waals surface area contributed by atoms with Crippen LogP contribution in [0.4, 0.5) is 0 Å². The lowest BCUT2D eigenvalue weighted by Crippen LogP contribution is -2.04. The van der Waals surface area contributed by atoms with Gasteiger partial charge in [-0.25, -0.2) is 4.79 Å². The number of ether oxygens (including phenoxy) is 1. The van der Waals surface area contributed by atoms with Gasteiger partial charge >= 0.3 is 5.97 Å². The van der Waals surface area contributed by atoms with Crippen LogP contribution < -0.4 is 0 Å². The van der Waals surface area contributed by atoms with Crippen molar-refractivity contribution in [2.75, 3.05) is 7.11 Å². The van der Waals surface area contributed by atoms with E-state index in [0.29, 0.717) is 19.2 Å². The van der Waals surface area contributed by atoms with E-state index < -0.39 is 5.97 Å². The van der Waals surface area contributed by atoms with Gasteiger partial charge in [-0.05, 0) is 50.7 Å². The number of carbonyl (C=O) groups is 1. The SMILES string of the molecule is COC(=O)c1cc(Br)c(C#N)cc1I. The van der Waals surface area contributed by atoms with Crippen molar-refractivity contribution in [3.63, 3.8) is 0 Å². The Morgan fingerprint density at radius 1 is 1.64 bits per heavy atom. The minimum absolute atomic E-state index is 0.403. The van der Waals surface area contributed by atoms with Gasteiger partial charge < -0.3 is 4.74 Å². The number of carbonyl (C=O) groups excluding carboxylic acids is 1. The summed E-state index contributed by atoms with van der Waals surface area (Å²) in [5, 5.41) is 8.73. The molecule has 0 unspecified atom stereocenters. The van der Waals surface area contributed by atoms with Crippen molar-refractivity contribution >= 4 is 44.5 Å². The lowest BCUT2D eigenvalue weighted by Gasteiger charge is -2.04. The molecule has 0 saturated carbocycles. The summed E-state index contributed by atoms with van der Waals surface area (Å²) in [6.45, 7) is 0. The fourth-order valence-corrected chi connectivity index (χ4v) is 2.02. The predicted octanol–water partition coefficient (Wildman–Crippen LogP) is 2.71. The third kappa shape index (κ3) is 2.25. The third-order valence-electron chi connectivity index (χ3n) is 1.58. The van der Waals surface area contributed by atoms with Crippen LogP contribution >= 0.6 is 38.5 Å². The third-order valence-corrected chi connectivity index (χ3v) is 3.13. The molecule has 0 aliphatic carbocycles. The van der Waals surface area contributed by atoms with Gasteiger partial charge in [-0.1, -0.05) is 0 Å². The van der Waals surface area contributed by atoms with Crippen molar-refractivity contribution in [2.45, 2.75) is 0 Å². The molecular formula is C9H5BrINO2. The van der Waals surface area contributed by atoms with Crippen LogP contribution in [0.2, 0.25) is 0 Å². The first-order valence-corrected chi connectivity index (χ1v) is 5.44. The number of halogens is 2. The van der Waals surface area contributed by atoms with E-state index in [0.717, 1.165) is 0 Å². The number of hydrogen-bond acceptors (Lipinski definition) is 3. The molecule has 0 aliphatic heterocycles. The second kappa shape index (κ2) is 4.75. The van der Waals surface area contributed by atoms with E-state index in [2.05, 4.69) is 20.7 Å². The van der Waals surface area contributed by atoms with Crippen LogP contribution in [0.1, 0.15) is 15.9 Å². The van der Waals surface area contributed by atoms with Gasteiger partial charge in [0.2, 0.25) is 0 Å². The van der Waals surface area contributed by atoms with Gasteiger partial charge in [-0.3, -0.25) is 0 Å². The Kier molecular flexibility index (Phi) is 3.89. The molecule has 5 heteroatoms. The minimum Gasteiger partial charge on any atom is -0.465 e. The lowest BCUT2D eigenvalue weighted by atomic mass is 10.1. The molecular weight excluding hydrogens is 361 g/mol. The molecule has 0 fully saturated rings. The summed E-state index contributed by atoms with van der Waals surface area (Å²) in [4.78, 5) is 11.3. The molecule has 0 saturated heterocycles. The highest BCUT2D eigenvalue weighted by molar-refractivity contribution is 14.1. The zero-order chi connectivity index (χ0) is 10.7. The van der Waals surface area contributed by atoms with Gasteiger partial charge in [-0.15, -0.1) is 0 Å². The molecule has 1 rings (SSSR count). The quantitative estimate of drug-likeness (QED) is 0.568. The van der Waals surface area contributed by atoms with Gasteiger partial charge in [-0.2, -0.15) is 5.26 Å². The molecule has 72 valence electrons. The fourth-order valence-electron chi connectivity index (χ4n) is 0.899. The van der Waals surface area contributed by atoms with Crippen LogP contribution in [0, 0.1) is 14.9 Å². The van der Waals surface area contributed by atoms with E-state index in [1.165, 1.54) is 7.11 Å². The van der Waals surface area contributed by atoms with Crippen LogP contribution in [0.25, 0.3) is 0 Å².